The second-order valence-electron chi connectivity index (χ2n) is 7.55. The molecule has 1 aliphatic rings. The molecule has 158 valence electrons. The molecule has 8 heteroatoms. The van der Waals surface area contributed by atoms with Crippen molar-refractivity contribution in [1.29, 1.82) is 0 Å². The first-order valence-corrected chi connectivity index (χ1v) is 11.9. The highest BCUT2D eigenvalue weighted by Gasteiger charge is 2.31. The summed E-state index contributed by atoms with van der Waals surface area (Å²) in [4.78, 5) is 16.5. The molecule has 1 aromatic carbocycles. The molecule has 1 amide bonds. The topological polar surface area (TPSA) is 84.3 Å². The monoisotopic (exact) mass is 418 g/mol. The molecule has 0 bridgehead atoms. The predicted octanol–water partition coefficient (Wildman–Crippen LogP) is 2.06. The average molecular weight is 419 g/mol. The molecule has 1 aromatic heterocycles. The van der Waals surface area contributed by atoms with Gasteiger partial charge >= 0.3 is 0 Å². The fourth-order valence-electron chi connectivity index (χ4n) is 3.68. The van der Waals surface area contributed by atoms with E-state index >= 15 is 0 Å². The Labute approximate surface area is 173 Å². The van der Waals surface area contributed by atoms with Crippen molar-refractivity contribution in [3.05, 3.63) is 54.6 Å². The van der Waals surface area contributed by atoms with Gasteiger partial charge in [-0.05, 0) is 37.7 Å². The van der Waals surface area contributed by atoms with Crippen molar-refractivity contribution in [2.45, 2.75) is 38.6 Å². The largest absolute Gasteiger partial charge is 0.356 e. The fraction of sp³-hybridized carbons (Fsp3) is 0.524. The average Bonchev–Trinajstić information content (AvgIpc) is 3.25. The standard InChI is InChI=1S/C21H30N4O3S/c26-21(23-11-6-13-24-15-12-22-18-24)20-10-4-14-25(17-20)29(27,28)16-5-9-19-7-2-1-3-8-19/h1-3,7-8,12,15,18,20H,4-6,9-11,13-14,16-17H2,(H,23,26)/t20-/m0/s1. The Morgan fingerprint density at radius 3 is 2.79 bits per heavy atom. The predicted molar refractivity (Wildman–Crippen MR) is 113 cm³/mol. The fourth-order valence-corrected chi connectivity index (χ4v) is 5.26. The van der Waals surface area contributed by atoms with Gasteiger partial charge in [-0.2, -0.15) is 0 Å². The van der Waals surface area contributed by atoms with E-state index in [1.54, 1.807) is 12.5 Å². The molecule has 0 spiro atoms. The summed E-state index contributed by atoms with van der Waals surface area (Å²) >= 11 is 0. The lowest BCUT2D eigenvalue weighted by atomic mass is 9.99. The van der Waals surface area contributed by atoms with Gasteiger partial charge in [0.15, 0.2) is 0 Å². The van der Waals surface area contributed by atoms with Crippen LogP contribution in [0.4, 0.5) is 0 Å². The van der Waals surface area contributed by atoms with Crippen molar-refractivity contribution in [2.24, 2.45) is 5.92 Å². The van der Waals surface area contributed by atoms with E-state index in [1.165, 1.54) is 4.31 Å². The highest BCUT2D eigenvalue weighted by Crippen LogP contribution is 2.20. The Hall–Kier alpha value is -2.19. The number of hydrogen-bond acceptors (Lipinski definition) is 4. The number of benzene rings is 1. The molecule has 2 heterocycles. The van der Waals surface area contributed by atoms with Gasteiger partial charge in [-0.3, -0.25) is 4.79 Å². The molecule has 2 aromatic rings. The molecule has 0 aliphatic carbocycles. The van der Waals surface area contributed by atoms with Crippen LogP contribution in [-0.4, -0.2) is 53.6 Å². The quantitative estimate of drug-likeness (QED) is 0.599. The Morgan fingerprint density at radius 1 is 1.21 bits per heavy atom. The van der Waals surface area contributed by atoms with Crippen molar-refractivity contribution in [2.75, 3.05) is 25.4 Å². The van der Waals surface area contributed by atoms with Gasteiger partial charge in [0.2, 0.25) is 15.9 Å². The van der Waals surface area contributed by atoms with Crippen LogP contribution in [-0.2, 0) is 27.8 Å². The second-order valence-corrected chi connectivity index (χ2v) is 9.64. The lowest BCUT2D eigenvalue weighted by Gasteiger charge is -2.31. The van der Waals surface area contributed by atoms with Gasteiger partial charge in [0, 0.05) is 38.6 Å². The van der Waals surface area contributed by atoms with Crippen molar-refractivity contribution in [3.8, 4) is 0 Å². The van der Waals surface area contributed by atoms with E-state index in [0.717, 1.165) is 37.8 Å². The SMILES string of the molecule is O=C(NCCCn1ccnc1)[C@H]1CCCN(S(=O)(=O)CCCc2ccccc2)C1. The lowest BCUT2D eigenvalue weighted by molar-refractivity contribution is -0.126. The Balaban J connectivity index is 1.41. The van der Waals surface area contributed by atoms with Crippen molar-refractivity contribution < 1.29 is 13.2 Å². The Kier molecular flexibility index (Phi) is 7.83. The zero-order valence-electron chi connectivity index (χ0n) is 16.7. The van der Waals surface area contributed by atoms with Crippen LogP contribution >= 0.6 is 0 Å². The number of nitrogens with zero attached hydrogens (tertiary/aromatic N) is 3. The molecule has 7 nitrogen and oxygen atoms in total. The Bertz CT molecular complexity index is 853. The number of piperidine rings is 1. The number of carbonyl (C=O) groups excluding carboxylic acids is 1. The maximum Gasteiger partial charge on any atom is 0.224 e. The highest BCUT2D eigenvalue weighted by molar-refractivity contribution is 7.89. The summed E-state index contributed by atoms with van der Waals surface area (Å²) in [7, 11) is -3.33. The minimum atomic E-state index is -3.33. The highest BCUT2D eigenvalue weighted by atomic mass is 32.2. The zero-order chi connectivity index (χ0) is 20.5. The maximum atomic E-state index is 12.7. The molecular weight excluding hydrogens is 388 g/mol. The minimum Gasteiger partial charge on any atom is -0.356 e. The molecule has 0 saturated carbocycles. The van der Waals surface area contributed by atoms with Crippen LogP contribution in [0.5, 0.6) is 0 Å². The third kappa shape index (κ3) is 6.68. The van der Waals surface area contributed by atoms with E-state index in [4.69, 9.17) is 0 Å². The third-order valence-electron chi connectivity index (χ3n) is 5.31. The van der Waals surface area contributed by atoms with Gasteiger partial charge in [0.1, 0.15) is 0 Å². The molecule has 1 fully saturated rings. The maximum absolute atomic E-state index is 12.7. The molecule has 1 N–H and O–H groups in total. The lowest BCUT2D eigenvalue weighted by Crippen LogP contribution is -2.46. The van der Waals surface area contributed by atoms with E-state index in [9.17, 15) is 13.2 Å². The zero-order valence-corrected chi connectivity index (χ0v) is 17.6. The third-order valence-corrected chi connectivity index (χ3v) is 7.23. The van der Waals surface area contributed by atoms with Crippen LogP contribution in [0.2, 0.25) is 0 Å². The molecular formula is C21H30N4O3S. The van der Waals surface area contributed by atoms with Crippen molar-refractivity contribution >= 4 is 15.9 Å². The molecule has 1 aliphatic heterocycles. The number of hydrogen-bond donors (Lipinski definition) is 1. The van der Waals surface area contributed by atoms with Gasteiger partial charge in [-0.15, -0.1) is 0 Å². The molecule has 29 heavy (non-hydrogen) atoms. The normalized spacial score (nSPS) is 17.9. The van der Waals surface area contributed by atoms with E-state index < -0.39 is 10.0 Å². The van der Waals surface area contributed by atoms with E-state index in [1.807, 2.05) is 41.1 Å². The molecule has 0 unspecified atom stereocenters. The smallest absolute Gasteiger partial charge is 0.224 e. The summed E-state index contributed by atoms with van der Waals surface area (Å²) in [5.41, 5.74) is 1.15. The van der Waals surface area contributed by atoms with Gasteiger partial charge in [0.25, 0.3) is 0 Å². The number of aromatic nitrogens is 2. The summed E-state index contributed by atoms with van der Waals surface area (Å²) in [6, 6.07) is 9.92. The summed E-state index contributed by atoms with van der Waals surface area (Å²) in [6.07, 6.45) is 9.00. The molecule has 0 radical (unpaired) electrons. The van der Waals surface area contributed by atoms with Crippen molar-refractivity contribution in [3.63, 3.8) is 0 Å². The van der Waals surface area contributed by atoms with Gasteiger partial charge in [-0.1, -0.05) is 30.3 Å². The van der Waals surface area contributed by atoms with Crippen LogP contribution in [0.25, 0.3) is 0 Å². The van der Waals surface area contributed by atoms with E-state index in [2.05, 4.69) is 10.3 Å². The van der Waals surface area contributed by atoms with Gasteiger partial charge in [-0.25, -0.2) is 17.7 Å². The van der Waals surface area contributed by atoms with Crippen LogP contribution in [0.15, 0.2) is 49.1 Å². The van der Waals surface area contributed by atoms with Crippen LogP contribution in [0.1, 0.15) is 31.2 Å². The van der Waals surface area contributed by atoms with Crippen LogP contribution in [0.3, 0.4) is 0 Å². The minimum absolute atomic E-state index is 0.0418. The number of rotatable bonds is 10. The summed E-state index contributed by atoms with van der Waals surface area (Å²) < 4.78 is 28.9. The summed E-state index contributed by atoms with van der Waals surface area (Å²) in [5.74, 6) is -0.179. The van der Waals surface area contributed by atoms with E-state index in [-0.39, 0.29) is 17.6 Å². The molecule has 3 rings (SSSR count). The van der Waals surface area contributed by atoms with Gasteiger partial charge in [0.05, 0.1) is 18.0 Å². The number of nitrogens with one attached hydrogen (secondary N) is 1. The van der Waals surface area contributed by atoms with Crippen LogP contribution < -0.4 is 5.32 Å². The number of carbonyl (C=O) groups is 1. The first kappa shape index (κ1) is 21.5. The first-order chi connectivity index (χ1) is 14.0. The Morgan fingerprint density at radius 2 is 2.03 bits per heavy atom. The van der Waals surface area contributed by atoms with E-state index in [0.29, 0.717) is 26.1 Å². The van der Waals surface area contributed by atoms with Crippen LogP contribution in [0, 0.1) is 5.92 Å². The summed E-state index contributed by atoms with van der Waals surface area (Å²) in [6.45, 7) is 2.18. The molecule has 1 saturated heterocycles. The first-order valence-electron chi connectivity index (χ1n) is 10.3. The van der Waals surface area contributed by atoms with Crippen molar-refractivity contribution in [1.82, 2.24) is 19.2 Å². The number of imidazole rings is 1. The number of amides is 1. The molecule has 1 atom stereocenters. The second kappa shape index (κ2) is 10.5. The number of sulfonamides is 1. The number of aryl methyl sites for hydroxylation is 2. The van der Waals surface area contributed by atoms with Gasteiger partial charge < -0.3 is 9.88 Å². The summed E-state index contributed by atoms with van der Waals surface area (Å²) in [5, 5.41) is 2.96.